The van der Waals surface area contributed by atoms with E-state index in [1.165, 1.54) is 0 Å². The summed E-state index contributed by atoms with van der Waals surface area (Å²) in [5.41, 5.74) is 0. The molecule has 2 rings (SSSR count). The molecule has 0 aromatic carbocycles. The fourth-order valence-electron chi connectivity index (χ4n) is 2.16. The molecule has 90 valence electrons. The number of carbonyl (C=O) groups is 2. The van der Waals surface area contributed by atoms with Crippen molar-refractivity contribution in [2.24, 2.45) is 11.8 Å². The van der Waals surface area contributed by atoms with Crippen molar-refractivity contribution in [2.75, 3.05) is 13.2 Å². The Bertz CT molecular complexity index is 317. The summed E-state index contributed by atoms with van der Waals surface area (Å²) in [6.07, 6.45) is 0.536. The van der Waals surface area contributed by atoms with Gasteiger partial charge in [-0.05, 0) is 20.3 Å². The van der Waals surface area contributed by atoms with E-state index in [9.17, 15) is 9.59 Å². The van der Waals surface area contributed by atoms with Gasteiger partial charge in [0.1, 0.15) is 0 Å². The molecule has 1 heterocycles. The zero-order chi connectivity index (χ0) is 11.9. The van der Waals surface area contributed by atoms with E-state index in [0.29, 0.717) is 19.6 Å². The summed E-state index contributed by atoms with van der Waals surface area (Å²) in [6, 6.07) is 0.0544. The van der Waals surface area contributed by atoms with E-state index in [4.69, 9.17) is 9.84 Å². The molecule has 1 aliphatic heterocycles. The van der Waals surface area contributed by atoms with Crippen molar-refractivity contribution in [1.29, 1.82) is 0 Å². The summed E-state index contributed by atoms with van der Waals surface area (Å²) < 4.78 is 5.43. The molecule has 1 saturated carbocycles. The lowest BCUT2D eigenvalue weighted by Crippen LogP contribution is -2.51. The van der Waals surface area contributed by atoms with Gasteiger partial charge in [0.15, 0.2) is 0 Å². The SMILES string of the molecule is CC1CN(C(=O)C2CC2C(=O)O)C(C)CO1. The van der Waals surface area contributed by atoms with Gasteiger partial charge >= 0.3 is 5.97 Å². The molecule has 1 amide bonds. The second kappa shape index (κ2) is 4.05. The Balaban J connectivity index is 1.96. The van der Waals surface area contributed by atoms with E-state index in [0.717, 1.165) is 0 Å². The Morgan fingerprint density at radius 1 is 1.31 bits per heavy atom. The molecule has 0 spiro atoms. The molecule has 0 aromatic rings. The van der Waals surface area contributed by atoms with E-state index in [1.807, 2.05) is 13.8 Å². The number of aliphatic carboxylic acids is 1. The highest BCUT2D eigenvalue weighted by Crippen LogP contribution is 2.40. The minimum absolute atomic E-state index is 0.0185. The lowest BCUT2D eigenvalue weighted by Gasteiger charge is -2.37. The minimum atomic E-state index is -0.854. The average Bonchev–Trinajstić information content (AvgIpc) is 3.00. The van der Waals surface area contributed by atoms with Crippen LogP contribution in [-0.2, 0) is 14.3 Å². The summed E-state index contributed by atoms with van der Waals surface area (Å²) >= 11 is 0. The Morgan fingerprint density at radius 3 is 2.56 bits per heavy atom. The zero-order valence-corrected chi connectivity index (χ0v) is 9.55. The number of carboxylic acid groups (broad SMARTS) is 1. The number of carboxylic acids is 1. The molecule has 1 aliphatic carbocycles. The predicted molar refractivity (Wildman–Crippen MR) is 55.8 cm³/mol. The van der Waals surface area contributed by atoms with Gasteiger partial charge in [0.2, 0.25) is 5.91 Å². The molecule has 4 unspecified atom stereocenters. The van der Waals surface area contributed by atoms with Crippen LogP contribution in [0.25, 0.3) is 0 Å². The molecule has 1 saturated heterocycles. The Labute approximate surface area is 94.4 Å². The third-order valence-corrected chi connectivity index (χ3v) is 3.32. The van der Waals surface area contributed by atoms with Gasteiger partial charge in [-0.25, -0.2) is 0 Å². The standard InChI is InChI=1S/C11H17NO4/c1-6-5-16-7(2)4-12(6)10(13)8-3-9(8)11(14)15/h6-9H,3-5H2,1-2H3,(H,14,15). The van der Waals surface area contributed by atoms with Crippen LogP contribution < -0.4 is 0 Å². The van der Waals surface area contributed by atoms with Crippen molar-refractivity contribution in [3.05, 3.63) is 0 Å². The van der Waals surface area contributed by atoms with Gasteiger partial charge < -0.3 is 14.7 Å². The maximum absolute atomic E-state index is 12.0. The first kappa shape index (κ1) is 11.4. The van der Waals surface area contributed by atoms with Crippen LogP contribution >= 0.6 is 0 Å². The number of ether oxygens (including phenoxy) is 1. The summed E-state index contributed by atoms with van der Waals surface area (Å²) in [5, 5.41) is 8.79. The largest absolute Gasteiger partial charge is 0.481 e. The molecule has 0 radical (unpaired) electrons. The van der Waals surface area contributed by atoms with Crippen LogP contribution in [-0.4, -0.2) is 47.2 Å². The fourth-order valence-corrected chi connectivity index (χ4v) is 2.16. The lowest BCUT2D eigenvalue weighted by molar-refractivity contribution is -0.148. The Hall–Kier alpha value is -1.10. The molecule has 1 N–H and O–H groups in total. The van der Waals surface area contributed by atoms with Crippen molar-refractivity contribution < 1.29 is 19.4 Å². The van der Waals surface area contributed by atoms with Gasteiger partial charge in [-0.15, -0.1) is 0 Å². The molecule has 4 atom stereocenters. The van der Waals surface area contributed by atoms with Crippen molar-refractivity contribution >= 4 is 11.9 Å². The monoisotopic (exact) mass is 227 g/mol. The normalized spacial score (nSPS) is 38.2. The van der Waals surface area contributed by atoms with E-state index in [-0.39, 0.29) is 24.0 Å². The second-order valence-corrected chi connectivity index (χ2v) is 4.77. The molecular weight excluding hydrogens is 210 g/mol. The predicted octanol–water partition coefficient (Wildman–Crippen LogP) is 0.343. The van der Waals surface area contributed by atoms with Crippen LogP contribution in [0.15, 0.2) is 0 Å². The maximum atomic E-state index is 12.0. The van der Waals surface area contributed by atoms with Crippen LogP contribution in [0.3, 0.4) is 0 Å². The van der Waals surface area contributed by atoms with Crippen LogP contribution in [0.5, 0.6) is 0 Å². The van der Waals surface area contributed by atoms with Gasteiger partial charge in [-0.3, -0.25) is 9.59 Å². The zero-order valence-electron chi connectivity index (χ0n) is 9.55. The van der Waals surface area contributed by atoms with E-state index >= 15 is 0 Å². The second-order valence-electron chi connectivity index (χ2n) is 4.77. The van der Waals surface area contributed by atoms with E-state index in [1.54, 1.807) is 4.90 Å². The number of amides is 1. The first-order chi connectivity index (χ1) is 7.50. The molecule has 0 aromatic heterocycles. The number of hydrogen-bond donors (Lipinski definition) is 1. The number of nitrogens with zero attached hydrogens (tertiary/aromatic N) is 1. The van der Waals surface area contributed by atoms with Crippen molar-refractivity contribution in [1.82, 2.24) is 4.90 Å². The highest BCUT2D eigenvalue weighted by Gasteiger charge is 2.50. The first-order valence-corrected chi connectivity index (χ1v) is 5.65. The number of morpholine rings is 1. The topological polar surface area (TPSA) is 66.8 Å². The summed E-state index contributed by atoms with van der Waals surface area (Å²) in [6.45, 7) is 4.97. The smallest absolute Gasteiger partial charge is 0.307 e. The van der Waals surface area contributed by atoms with E-state index in [2.05, 4.69) is 0 Å². The van der Waals surface area contributed by atoms with Gasteiger partial charge in [-0.1, -0.05) is 0 Å². The lowest BCUT2D eigenvalue weighted by atomic mass is 10.1. The Kier molecular flexibility index (Phi) is 2.88. The number of carbonyl (C=O) groups excluding carboxylic acids is 1. The third-order valence-electron chi connectivity index (χ3n) is 3.32. The average molecular weight is 227 g/mol. The number of rotatable bonds is 2. The molecular formula is C11H17NO4. The van der Waals surface area contributed by atoms with Gasteiger partial charge in [0.25, 0.3) is 0 Å². The van der Waals surface area contributed by atoms with Gasteiger partial charge in [-0.2, -0.15) is 0 Å². The van der Waals surface area contributed by atoms with Gasteiger partial charge in [0, 0.05) is 6.54 Å². The van der Waals surface area contributed by atoms with Crippen LogP contribution in [0.2, 0.25) is 0 Å². The van der Waals surface area contributed by atoms with E-state index < -0.39 is 11.9 Å². The van der Waals surface area contributed by atoms with Crippen LogP contribution in [0, 0.1) is 11.8 Å². The summed E-state index contributed by atoms with van der Waals surface area (Å²) in [5.74, 6) is -1.63. The highest BCUT2D eigenvalue weighted by atomic mass is 16.5. The van der Waals surface area contributed by atoms with Crippen molar-refractivity contribution in [2.45, 2.75) is 32.4 Å². The quantitative estimate of drug-likeness (QED) is 0.739. The Morgan fingerprint density at radius 2 is 2.00 bits per heavy atom. The highest BCUT2D eigenvalue weighted by molar-refractivity contribution is 5.89. The molecule has 5 heteroatoms. The number of hydrogen-bond acceptors (Lipinski definition) is 3. The molecule has 16 heavy (non-hydrogen) atoms. The third kappa shape index (κ3) is 2.04. The fraction of sp³-hybridized carbons (Fsp3) is 0.818. The van der Waals surface area contributed by atoms with Crippen LogP contribution in [0.1, 0.15) is 20.3 Å². The summed E-state index contributed by atoms with van der Waals surface area (Å²) in [7, 11) is 0. The van der Waals surface area contributed by atoms with Crippen molar-refractivity contribution in [3.63, 3.8) is 0 Å². The minimum Gasteiger partial charge on any atom is -0.481 e. The first-order valence-electron chi connectivity index (χ1n) is 5.65. The summed E-state index contributed by atoms with van der Waals surface area (Å²) in [4.78, 5) is 24.5. The molecule has 5 nitrogen and oxygen atoms in total. The van der Waals surface area contributed by atoms with Crippen molar-refractivity contribution in [3.8, 4) is 0 Å². The molecule has 0 bridgehead atoms. The van der Waals surface area contributed by atoms with Gasteiger partial charge in [0.05, 0.1) is 30.6 Å². The molecule has 2 aliphatic rings. The molecule has 2 fully saturated rings. The van der Waals surface area contributed by atoms with Crippen LogP contribution in [0.4, 0.5) is 0 Å². The maximum Gasteiger partial charge on any atom is 0.307 e.